The largest absolute Gasteiger partial charge is 0.493 e. The number of ether oxygens (including phenoxy) is 2. The van der Waals surface area contributed by atoms with Crippen molar-refractivity contribution in [3.63, 3.8) is 0 Å². The van der Waals surface area contributed by atoms with Crippen LogP contribution in [0.3, 0.4) is 0 Å². The van der Waals surface area contributed by atoms with Crippen molar-refractivity contribution in [2.24, 2.45) is 17.4 Å². The minimum atomic E-state index is -0.957. The summed E-state index contributed by atoms with van der Waals surface area (Å²) in [6.45, 7) is 2.30. The number of carbonyl (C=O) groups is 2. The van der Waals surface area contributed by atoms with Crippen LogP contribution < -0.4 is 37.1 Å². The van der Waals surface area contributed by atoms with Crippen molar-refractivity contribution in [2.45, 2.75) is 19.4 Å². The van der Waals surface area contributed by atoms with E-state index < -0.39 is 17.5 Å². The number of aromatic nitrogens is 2. The fourth-order valence-electron chi connectivity index (χ4n) is 2.77. The van der Waals surface area contributed by atoms with Gasteiger partial charge in [0.25, 0.3) is 11.5 Å². The Morgan fingerprint density at radius 3 is 2.57 bits per heavy atom. The van der Waals surface area contributed by atoms with E-state index in [1.807, 2.05) is 6.92 Å². The van der Waals surface area contributed by atoms with Crippen LogP contribution in [0.1, 0.15) is 23.7 Å². The Kier molecular flexibility index (Phi) is 7.76. The number of nitrogens with zero attached hydrogens (tertiary/aromatic N) is 1. The molecule has 0 aliphatic rings. The second-order valence-electron chi connectivity index (χ2n) is 6.66. The molecule has 2 atom stereocenters. The van der Waals surface area contributed by atoms with Crippen molar-refractivity contribution < 1.29 is 19.1 Å². The lowest BCUT2D eigenvalue weighted by Crippen LogP contribution is -2.31. The van der Waals surface area contributed by atoms with Gasteiger partial charge >= 0.3 is 0 Å². The molecule has 0 spiro atoms. The predicted octanol–water partition coefficient (Wildman–Crippen LogP) is 0.594. The molecule has 2 rings (SSSR count). The van der Waals surface area contributed by atoms with E-state index in [0.717, 1.165) is 0 Å². The number of methoxy groups -OCH3 is 2. The lowest BCUT2D eigenvalue weighted by Gasteiger charge is -2.18. The van der Waals surface area contributed by atoms with Crippen molar-refractivity contribution >= 4 is 29.6 Å². The van der Waals surface area contributed by atoms with Gasteiger partial charge in [0.2, 0.25) is 5.95 Å². The maximum absolute atomic E-state index is 12.4. The summed E-state index contributed by atoms with van der Waals surface area (Å²) >= 11 is 0. The highest BCUT2D eigenvalue weighted by atomic mass is 16.5. The van der Waals surface area contributed by atoms with Crippen molar-refractivity contribution in [1.29, 1.82) is 0 Å². The number of anilines is 3. The Morgan fingerprint density at radius 2 is 2.00 bits per heavy atom. The molecule has 162 valence electrons. The molecule has 0 radical (unpaired) electrons. The van der Waals surface area contributed by atoms with E-state index in [1.54, 1.807) is 18.2 Å². The Balaban J connectivity index is 2.41. The maximum atomic E-state index is 12.4. The topological polar surface area (TPSA) is 174 Å². The number of aromatic amines is 1. The number of primary amides is 1. The standard InChI is InChI=1S/C19H26N6O5/c1-10(8-20)6-12(9-26)23-19-24-17(15(16(21)27)18(28)25-19)22-11-4-5-13(29-2)14(7-11)30-3/h4-5,7,9-10,12H,6,8,20H2,1-3H3,(H2,21,27)(H3,22,23,24,25,28). The van der Waals surface area contributed by atoms with Crippen LogP contribution >= 0.6 is 0 Å². The highest BCUT2D eigenvalue weighted by Crippen LogP contribution is 2.31. The van der Waals surface area contributed by atoms with Gasteiger partial charge in [-0.25, -0.2) is 0 Å². The highest BCUT2D eigenvalue weighted by molar-refractivity contribution is 5.98. The van der Waals surface area contributed by atoms with Crippen molar-refractivity contribution in [1.82, 2.24) is 9.97 Å². The zero-order valence-corrected chi connectivity index (χ0v) is 17.0. The third-order valence-electron chi connectivity index (χ3n) is 4.36. The maximum Gasteiger partial charge on any atom is 0.267 e. The van der Waals surface area contributed by atoms with Crippen molar-refractivity contribution in [2.75, 3.05) is 31.4 Å². The van der Waals surface area contributed by atoms with Gasteiger partial charge in [-0.05, 0) is 31.0 Å². The third-order valence-corrected chi connectivity index (χ3v) is 4.36. The number of benzene rings is 1. The number of aldehydes is 1. The molecule has 1 aromatic carbocycles. The molecule has 0 saturated heterocycles. The quantitative estimate of drug-likeness (QED) is 0.327. The molecule has 11 nitrogen and oxygen atoms in total. The average molecular weight is 418 g/mol. The molecule has 0 fully saturated rings. The smallest absolute Gasteiger partial charge is 0.267 e. The number of nitrogens with two attached hydrogens (primary N) is 2. The van der Waals surface area contributed by atoms with Gasteiger partial charge in [-0.1, -0.05) is 6.92 Å². The minimum Gasteiger partial charge on any atom is -0.493 e. The third kappa shape index (κ3) is 5.47. The summed E-state index contributed by atoms with van der Waals surface area (Å²) in [7, 11) is 2.98. The van der Waals surface area contributed by atoms with Crippen LogP contribution in [0.5, 0.6) is 11.5 Å². The monoisotopic (exact) mass is 418 g/mol. The Morgan fingerprint density at radius 1 is 1.30 bits per heavy atom. The fraction of sp³-hybridized carbons (Fsp3) is 0.368. The Hall–Kier alpha value is -3.60. The average Bonchev–Trinajstić information content (AvgIpc) is 2.72. The molecule has 0 aliphatic carbocycles. The lowest BCUT2D eigenvalue weighted by molar-refractivity contribution is -0.108. The molecule has 7 N–H and O–H groups in total. The number of hydrogen-bond acceptors (Lipinski definition) is 9. The molecular weight excluding hydrogens is 392 g/mol. The normalized spacial score (nSPS) is 12.5. The van der Waals surface area contributed by atoms with Gasteiger partial charge in [0.1, 0.15) is 11.8 Å². The zero-order chi connectivity index (χ0) is 22.3. The molecule has 0 saturated carbocycles. The van der Waals surface area contributed by atoms with Crippen LogP contribution in [-0.2, 0) is 4.79 Å². The van der Waals surface area contributed by atoms with Crippen LogP contribution in [0.15, 0.2) is 23.0 Å². The first-order chi connectivity index (χ1) is 14.3. The number of nitrogens with one attached hydrogen (secondary N) is 3. The highest BCUT2D eigenvalue weighted by Gasteiger charge is 2.19. The molecule has 0 aliphatic heterocycles. The van der Waals surface area contributed by atoms with Gasteiger partial charge in [0.05, 0.1) is 20.3 Å². The summed E-state index contributed by atoms with van der Waals surface area (Å²) in [6, 6.07) is 4.28. The summed E-state index contributed by atoms with van der Waals surface area (Å²) in [5, 5.41) is 5.73. The number of carbonyl (C=O) groups excluding carboxylic acids is 2. The molecule has 1 amide bonds. The second-order valence-corrected chi connectivity index (χ2v) is 6.66. The van der Waals surface area contributed by atoms with Gasteiger partial charge in [-0.15, -0.1) is 0 Å². The zero-order valence-electron chi connectivity index (χ0n) is 17.0. The van der Waals surface area contributed by atoms with Gasteiger partial charge < -0.3 is 36.4 Å². The van der Waals surface area contributed by atoms with Gasteiger partial charge in [0, 0.05) is 11.8 Å². The first kappa shape index (κ1) is 22.7. The van der Waals surface area contributed by atoms with Crippen LogP contribution in [0.25, 0.3) is 0 Å². The van der Waals surface area contributed by atoms with E-state index in [9.17, 15) is 14.4 Å². The van der Waals surface area contributed by atoms with Crippen LogP contribution in [0.4, 0.5) is 17.5 Å². The van der Waals surface area contributed by atoms with Crippen LogP contribution in [-0.4, -0.2) is 49.0 Å². The number of hydrogen-bond donors (Lipinski definition) is 5. The molecule has 0 bridgehead atoms. The van der Waals surface area contributed by atoms with E-state index in [4.69, 9.17) is 20.9 Å². The molecule has 30 heavy (non-hydrogen) atoms. The second kappa shape index (κ2) is 10.3. The molecule has 2 aromatic rings. The van der Waals surface area contributed by atoms with Crippen molar-refractivity contribution in [3.05, 3.63) is 34.1 Å². The van der Waals surface area contributed by atoms with E-state index in [2.05, 4.69) is 20.6 Å². The first-order valence-electron chi connectivity index (χ1n) is 9.17. The summed E-state index contributed by atoms with van der Waals surface area (Å²) in [5.74, 6) is -0.00668. The summed E-state index contributed by atoms with van der Waals surface area (Å²) < 4.78 is 10.4. The predicted molar refractivity (Wildman–Crippen MR) is 113 cm³/mol. The van der Waals surface area contributed by atoms with Gasteiger partial charge in [-0.3, -0.25) is 14.6 Å². The van der Waals surface area contributed by atoms with Crippen molar-refractivity contribution in [3.8, 4) is 11.5 Å². The molecule has 1 heterocycles. The summed E-state index contributed by atoms with van der Waals surface area (Å²) in [4.78, 5) is 42.3. The van der Waals surface area contributed by atoms with Gasteiger partial charge in [0.15, 0.2) is 17.3 Å². The first-order valence-corrected chi connectivity index (χ1v) is 9.17. The van der Waals surface area contributed by atoms with Gasteiger partial charge in [-0.2, -0.15) is 4.98 Å². The summed E-state index contributed by atoms with van der Waals surface area (Å²) in [5.41, 5.74) is 10.3. The van der Waals surface area contributed by atoms with Crippen LogP contribution in [0, 0.1) is 5.92 Å². The fourth-order valence-corrected chi connectivity index (χ4v) is 2.77. The molecule has 2 unspecified atom stereocenters. The lowest BCUT2D eigenvalue weighted by atomic mass is 10.0. The minimum absolute atomic E-state index is 0.00861. The number of amides is 1. The van der Waals surface area contributed by atoms with E-state index in [-0.39, 0.29) is 23.2 Å². The Bertz CT molecular complexity index is 961. The molecule has 11 heteroatoms. The Labute approximate surface area is 173 Å². The number of H-pyrrole nitrogens is 1. The van der Waals surface area contributed by atoms with E-state index >= 15 is 0 Å². The summed E-state index contributed by atoms with van der Waals surface area (Å²) in [6.07, 6.45) is 1.15. The van der Waals surface area contributed by atoms with E-state index in [1.165, 1.54) is 14.2 Å². The van der Waals surface area contributed by atoms with E-state index in [0.29, 0.717) is 36.4 Å². The SMILES string of the molecule is COc1ccc(Nc2nc(NC(C=O)CC(C)CN)[nH]c(=O)c2C(N)=O)cc1OC. The van der Waals surface area contributed by atoms with Crippen LogP contribution in [0.2, 0.25) is 0 Å². The number of rotatable bonds is 11. The molecule has 1 aromatic heterocycles. The molecular formula is C19H26N6O5.